The minimum atomic E-state index is -3.97. The second-order valence-electron chi connectivity index (χ2n) is 7.84. The van der Waals surface area contributed by atoms with Crippen molar-refractivity contribution in [3.05, 3.63) is 85.8 Å². The molecule has 3 heterocycles. The van der Waals surface area contributed by atoms with Crippen molar-refractivity contribution in [1.82, 2.24) is 18.0 Å². The standard InChI is InChI=1S/C23H20N4O3S3/c1-14-8-9-16-11-17(23(28)24-21(16)15(14)2)12-27(13-18-5-4-10-31-18)33(29,30)20-7-3-6-19-22(20)26-32-25-19/h3-11H,12-13H2,1-2H3,(H,24,28). The average molecular weight is 497 g/mol. The molecule has 168 valence electrons. The van der Waals surface area contributed by atoms with Gasteiger partial charge in [0.2, 0.25) is 10.0 Å². The number of benzene rings is 2. The van der Waals surface area contributed by atoms with E-state index in [4.69, 9.17) is 0 Å². The molecule has 5 aromatic rings. The molecule has 0 unspecified atom stereocenters. The van der Waals surface area contributed by atoms with Gasteiger partial charge in [0.1, 0.15) is 15.9 Å². The Morgan fingerprint density at radius 2 is 1.88 bits per heavy atom. The molecule has 0 bridgehead atoms. The number of aromatic nitrogens is 3. The van der Waals surface area contributed by atoms with E-state index < -0.39 is 10.0 Å². The molecule has 0 saturated heterocycles. The molecule has 0 atom stereocenters. The van der Waals surface area contributed by atoms with Gasteiger partial charge in [0.15, 0.2) is 0 Å². The zero-order valence-corrected chi connectivity index (χ0v) is 20.4. The van der Waals surface area contributed by atoms with Crippen molar-refractivity contribution in [2.45, 2.75) is 31.8 Å². The predicted octanol–water partition coefficient (Wildman–Crippen LogP) is 4.60. The van der Waals surface area contributed by atoms with E-state index in [1.54, 1.807) is 18.2 Å². The molecular weight excluding hydrogens is 476 g/mol. The summed E-state index contributed by atoms with van der Waals surface area (Å²) in [7, 11) is -3.97. The Morgan fingerprint density at radius 1 is 1.03 bits per heavy atom. The molecule has 0 fully saturated rings. The molecule has 2 aromatic carbocycles. The van der Waals surface area contributed by atoms with Crippen molar-refractivity contribution in [3.8, 4) is 0 Å². The molecule has 10 heteroatoms. The van der Waals surface area contributed by atoms with Crippen LogP contribution in [0.2, 0.25) is 0 Å². The van der Waals surface area contributed by atoms with Crippen molar-refractivity contribution in [1.29, 1.82) is 0 Å². The smallest absolute Gasteiger partial charge is 0.252 e. The monoisotopic (exact) mass is 496 g/mol. The van der Waals surface area contributed by atoms with Gasteiger partial charge in [0, 0.05) is 23.5 Å². The normalized spacial score (nSPS) is 12.2. The molecule has 0 amide bonds. The number of aryl methyl sites for hydroxylation is 2. The topological polar surface area (TPSA) is 96.0 Å². The first-order valence-electron chi connectivity index (χ1n) is 10.2. The number of hydrogen-bond acceptors (Lipinski definition) is 7. The highest BCUT2D eigenvalue weighted by molar-refractivity contribution is 7.89. The Hall–Kier alpha value is -2.92. The molecule has 1 N–H and O–H groups in total. The van der Waals surface area contributed by atoms with Crippen molar-refractivity contribution in [2.75, 3.05) is 0 Å². The van der Waals surface area contributed by atoms with Crippen molar-refractivity contribution in [2.24, 2.45) is 0 Å². The maximum atomic E-state index is 13.8. The lowest BCUT2D eigenvalue weighted by atomic mass is 10.0. The van der Waals surface area contributed by atoms with E-state index in [9.17, 15) is 13.2 Å². The van der Waals surface area contributed by atoms with Gasteiger partial charge in [-0.15, -0.1) is 11.3 Å². The zero-order chi connectivity index (χ0) is 23.2. The summed E-state index contributed by atoms with van der Waals surface area (Å²) in [6.07, 6.45) is 0. The van der Waals surface area contributed by atoms with Gasteiger partial charge in [-0.25, -0.2) is 8.42 Å². The van der Waals surface area contributed by atoms with Crippen LogP contribution in [0.1, 0.15) is 21.6 Å². The molecular formula is C23H20N4O3S3. The number of rotatable bonds is 6. The average Bonchev–Trinajstić information content (AvgIpc) is 3.48. The van der Waals surface area contributed by atoms with E-state index in [0.717, 1.165) is 38.6 Å². The lowest BCUT2D eigenvalue weighted by Crippen LogP contribution is -2.32. The van der Waals surface area contributed by atoms with Crippen LogP contribution < -0.4 is 5.56 Å². The molecule has 7 nitrogen and oxygen atoms in total. The minimum Gasteiger partial charge on any atom is -0.321 e. The minimum absolute atomic E-state index is 0.0631. The maximum absolute atomic E-state index is 13.8. The summed E-state index contributed by atoms with van der Waals surface area (Å²) in [5.41, 5.74) is 3.82. The molecule has 5 rings (SSSR count). The van der Waals surface area contributed by atoms with Crippen LogP contribution in [-0.2, 0) is 23.1 Å². The third kappa shape index (κ3) is 3.99. The van der Waals surface area contributed by atoms with E-state index in [1.807, 2.05) is 43.5 Å². The zero-order valence-electron chi connectivity index (χ0n) is 17.9. The number of H-pyrrole nitrogens is 1. The number of thiophene rings is 1. The molecule has 0 aliphatic carbocycles. The van der Waals surface area contributed by atoms with E-state index in [0.29, 0.717) is 16.6 Å². The van der Waals surface area contributed by atoms with Crippen molar-refractivity contribution < 1.29 is 8.42 Å². The quantitative estimate of drug-likeness (QED) is 0.371. The first-order valence-corrected chi connectivity index (χ1v) is 13.3. The third-order valence-corrected chi connectivity index (χ3v) is 8.98. The van der Waals surface area contributed by atoms with Crippen LogP contribution in [0.5, 0.6) is 0 Å². The Kier molecular flexibility index (Phi) is 5.61. The summed E-state index contributed by atoms with van der Waals surface area (Å²) < 4.78 is 37.3. The van der Waals surface area contributed by atoms with Gasteiger partial charge in [-0.2, -0.15) is 13.1 Å². The molecule has 0 aliphatic heterocycles. The summed E-state index contributed by atoms with van der Waals surface area (Å²) in [5.74, 6) is 0. The van der Waals surface area contributed by atoms with Crippen LogP contribution in [-0.4, -0.2) is 26.5 Å². The second-order valence-corrected chi connectivity index (χ2v) is 11.3. The van der Waals surface area contributed by atoms with Gasteiger partial charge in [-0.1, -0.05) is 24.3 Å². The molecule has 0 spiro atoms. The van der Waals surface area contributed by atoms with Crippen molar-refractivity contribution >= 4 is 55.0 Å². The largest absolute Gasteiger partial charge is 0.321 e. The lowest BCUT2D eigenvalue weighted by molar-refractivity contribution is 0.403. The first kappa shape index (κ1) is 21.9. The summed E-state index contributed by atoms with van der Waals surface area (Å²) in [6.45, 7) is 4.04. The van der Waals surface area contributed by atoms with Crippen LogP contribution in [0.3, 0.4) is 0 Å². The van der Waals surface area contributed by atoms with Gasteiger partial charge in [0.05, 0.1) is 17.2 Å². The van der Waals surface area contributed by atoms with Gasteiger partial charge in [-0.3, -0.25) is 4.79 Å². The molecule has 0 aliphatic rings. The fourth-order valence-corrected chi connectivity index (χ4v) is 6.76. The Morgan fingerprint density at radius 3 is 2.67 bits per heavy atom. The van der Waals surface area contributed by atoms with E-state index >= 15 is 0 Å². The summed E-state index contributed by atoms with van der Waals surface area (Å²) in [5, 5.41) is 2.77. The first-order chi connectivity index (χ1) is 15.8. The van der Waals surface area contributed by atoms with Crippen LogP contribution in [0.15, 0.2) is 63.6 Å². The maximum Gasteiger partial charge on any atom is 0.252 e. The summed E-state index contributed by atoms with van der Waals surface area (Å²) in [4.78, 5) is 16.9. The lowest BCUT2D eigenvalue weighted by Gasteiger charge is -2.22. The third-order valence-electron chi connectivity index (χ3n) is 5.75. The van der Waals surface area contributed by atoms with E-state index in [1.165, 1.54) is 21.7 Å². The number of fused-ring (bicyclic) bond motifs is 2. The number of nitrogens with zero attached hydrogens (tertiary/aromatic N) is 3. The van der Waals surface area contributed by atoms with Crippen LogP contribution in [0, 0.1) is 13.8 Å². The number of sulfonamides is 1. The summed E-state index contributed by atoms with van der Waals surface area (Å²) in [6, 6.07) is 14.4. The Bertz CT molecular complexity index is 1640. The molecule has 0 saturated carbocycles. The van der Waals surface area contributed by atoms with E-state index in [-0.39, 0.29) is 23.5 Å². The fraction of sp³-hybridized carbons (Fsp3) is 0.174. The number of nitrogens with one attached hydrogen (secondary N) is 1. The van der Waals surface area contributed by atoms with Crippen molar-refractivity contribution in [3.63, 3.8) is 0 Å². The highest BCUT2D eigenvalue weighted by Crippen LogP contribution is 2.28. The van der Waals surface area contributed by atoms with Gasteiger partial charge < -0.3 is 4.98 Å². The molecule has 3 aromatic heterocycles. The van der Waals surface area contributed by atoms with Gasteiger partial charge >= 0.3 is 0 Å². The van der Waals surface area contributed by atoms with Crippen LogP contribution >= 0.6 is 23.1 Å². The summed E-state index contributed by atoms with van der Waals surface area (Å²) >= 11 is 2.45. The molecule has 0 radical (unpaired) electrons. The molecule has 33 heavy (non-hydrogen) atoms. The second kappa shape index (κ2) is 8.45. The highest BCUT2D eigenvalue weighted by Gasteiger charge is 2.29. The predicted molar refractivity (Wildman–Crippen MR) is 132 cm³/mol. The Balaban J connectivity index is 1.62. The van der Waals surface area contributed by atoms with Crippen LogP contribution in [0.4, 0.5) is 0 Å². The van der Waals surface area contributed by atoms with Gasteiger partial charge in [-0.05, 0) is 60.0 Å². The SMILES string of the molecule is Cc1ccc2cc(CN(Cc3cccs3)S(=O)(=O)c3cccc4nsnc34)c(=O)[nH]c2c1C. The number of pyridine rings is 1. The fourth-order valence-electron chi connectivity index (χ4n) is 3.81. The Labute approximate surface area is 198 Å². The van der Waals surface area contributed by atoms with Crippen LogP contribution in [0.25, 0.3) is 21.9 Å². The van der Waals surface area contributed by atoms with E-state index in [2.05, 4.69) is 13.7 Å². The number of hydrogen-bond donors (Lipinski definition) is 1. The highest BCUT2D eigenvalue weighted by atomic mass is 32.2. The van der Waals surface area contributed by atoms with Gasteiger partial charge in [0.25, 0.3) is 5.56 Å². The number of aromatic amines is 1.